The highest BCUT2D eigenvalue weighted by Crippen LogP contribution is 2.47. The SMILES string of the molecule is CCCCN(CCCC)C(=O)CN1CC(c2cc(OC)c3c(c2)OCO3)C(C(=O)O)C1CCc1cccc2c1OCO2. The number of carboxylic acids is 1. The topological polar surface area (TPSA) is 107 Å². The van der Waals surface area contributed by atoms with Crippen LogP contribution in [0.4, 0.5) is 0 Å². The van der Waals surface area contributed by atoms with Crippen molar-refractivity contribution in [3.8, 4) is 28.7 Å². The molecule has 10 nitrogen and oxygen atoms in total. The van der Waals surface area contributed by atoms with Crippen LogP contribution >= 0.6 is 0 Å². The smallest absolute Gasteiger partial charge is 0.308 e. The van der Waals surface area contributed by atoms with Crippen molar-refractivity contribution in [3.05, 3.63) is 41.5 Å². The molecule has 0 bridgehead atoms. The molecular formula is C32H42N2O8. The lowest BCUT2D eigenvalue weighted by Gasteiger charge is -2.30. The zero-order valence-electron chi connectivity index (χ0n) is 24.8. The molecule has 3 unspecified atom stereocenters. The zero-order chi connectivity index (χ0) is 29.6. The zero-order valence-corrected chi connectivity index (χ0v) is 24.8. The van der Waals surface area contributed by atoms with Gasteiger partial charge in [0.25, 0.3) is 0 Å². The first kappa shape index (κ1) is 29.8. The van der Waals surface area contributed by atoms with Crippen LogP contribution in [0.1, 0.15) is 63.0 Å². The molecule has 1 saturated heterocycles. The number of benzene rings is 2. The fourth-order valence-electron chi connectivity index (χ4n) is 6.38. The lowest BCUT2D eigenvalue weighted by Crippen LogP contribution is -2.44. The van der Waals surface area contributed by atoms with Gasteiger partial charge in [-0.05, 0) is 55.0 Å². The van der Waals surface area contributed by atoms with Crippen molar-refractivity contribution < 1.29 is 38.4 Å². The van der Waals surface area contributed by atoms with Gasteiger partial charge in [0, 0.05) is 31.6 Å². The van der Waals surface area contributed by atoms with Crippen molar-refractivity contribution in [1.82, 2.24) is 9.80 Å². The van der Waals surface area contributed by atoms with Crippen molar-refractivity contribution in [3.63, 3.8) is 0 Å². The van der Waals surface area contributed by atoms with E-state index < -0.39 is 11.9 Å². The number of rotatable bonds is 14. The number of fused-ring (bicyclic) bond motifs is 2. The van der Waals surface area contributed by atoms with Crippen LogP contribution in [0, 0.1) is 5.92 Å². The molecule has 0 aliphatic carbocycles. The molecule has 2 aromatic carbocycles. The van der Waals surface area contributed by atoms with E-state index in [1.165, 1.54) is 0 Å². The van der Waals surface area contributed by atoms with E-state index in [2.05, 4.69) is 18.7 Å². The van der Waals surface area contributed by atoms with E-state index in [-0.39, 0.29) is 38.0 Å². The molecule has 228 valence electrons. The number of aryl methyl sites for hydroxylation is 1. The number of para-hydroxylation sites is 1. The Morgan fingerprint density at radius 1 is 1.00 bits per heavy atom. The van der Waals surface area contributed by atoms with Gasteiger partial charge in [-0.1, -0.05) is 38.8 Å². The fourth-order valence-corrected chi connectivity index (χ4v) is 6.38. The van der Waals surface area contributed by atoms with Gasteiger partial charge >= 0.3 is 5.97 Å². The lowest BCUT2D eigenvalue weighted by atomic mass is 9.83. The van der Waals surface area contributed by atoms with Gasteiger partial charge in [-0.25, -0.2) is 0 Å². The van der Waals surface area contributed by atoms with Crippen molar-refractivity contribution in [2.75, 3.05) is 46.9 Å². The summed E-state index contributed by atoms with van der Waals surface area (Å²) in [6.45, 7) is 6.53. The number of hydrogen-bond donors (Lipinski definition) is 1. The van der Waals surface area contributed by atoms with Gasteiger partial charge in [-0.15, -0.1) is 0 Å². The van der Waals surface area contributed by atoms with Crippen LogP contribution < -0.4 is 23.7 Å². The monoisotopic (exact) mass is 582 g/mol. The van der Waals surface area contributed by atoms with Crippen LogP contribution in [-0.4, -0.2) is 79.7 Å². The van der Waals surface area contributed by atoms with Crippen LogP contribution in [0.3, 0.4) is 0 Å². The lowest BCUT2D eigenvalue weighted by molar-refractivity contribution is -0.143. The molecular weight excluding hydrogens is 540 g/mol. The second-order valence-electron chi connectivity index (χ2n) is 11.2. The van der Waals surface area contributed by atoms with Crippen molar-refractivity contribution in [2.24, 2.45) is 5.92 Å². The summed E-state index contributed by atoms with van der Waals surface area (Å²) in [4.78, 5) is 30.7. The number of likely N-dealkylation sites (tertiary alicyclic amines) is 1. The highest BCUT2D eigenvalue weighted by Gasteiger charge is 2.47. The minimum absolute atomic E-state index is 0.0484. The Morgan fingerprint density at radius 2 is 1.71 bits per heavy atom. The average molecular weight is 583 g/mol. The van der Waals surface area contributed by atoms with Gasteiger partial charge in [-0.3, -0.25) is 14.5 Å². The Kier molecular flexibility index (Phi) is 9.62. The summed E-state index contributed by atoms with van der Waals surface area (Å²) in [6, 6.07) is 9.12. The average Bonchev–Trinajstić information content (AvgIpc) is 3.74. The van der Waals surface area contributed by atoms with Crippen LogP contribution in [-0.2, 0) is 16.0 Å². The number of hydrogen-bond acceptors (Lipinski definition) is 8. The summed E-state index contributed by atoms with van der Waals surface area (Å²) < 4.78 is 28.1. The van der Waals surface area contributed by atoms with Gasteiger partial charge in [0.2, 0.25) is 25.2 Å². The first-order chi connectivity index (χ1) is 20.4. The number of methoxy groups -OCH3 is 1. The van der Waals surface area contributed by atoms with E-state index in [1.54, 1.807) is 7.11 Å². The summed E-state index contributed by atoms with van der Waals surface area (Å²) in [5.74, 6) is 1.05. The molecule has 3 aliphatic rings. The van der Waals surface area contributed by atoms with Crippen LogP contribution in [0.15, 0.2) is 30.3 Å². The molecule has 5 rings (SSSR count). The third-order valence-corrected chi connectivity index (χ3v) is 8.58. The van der Waals surface area contributed by atoms with E-state index >= 15 is 0 Å². The Bertz CT molecular complexity index is 1260. The number of carbonyl (C=O) groups excluding carboxylic acids is 1. The standard InChI is InChI=1S/C32H42N2O8/c1-4-6-13-33(14-7-5-2)28(35)18-34-17-23(22-15-26(38-3)31-27(16-22)40-20-42-31)29(32(36)37)24(34)12-11-21-9-8-10-25-30(21)41-19-39-25/h8-10,15-16,23-24,29H,4-7,11-14,17-20H2,1-3H3,(H,36,37). The minimum Gasteiger partial charge on any atom is -0.493 e. The third-order valence-electron chi connectivity index (χ3n) is 8.58. The molecule has 42 heavy (non-hydrogen) atoms. The molecule has 3 atom stereocenters. The third kappa shape index (κ3) is 6.23. The summed E-state index contributed by atoms with van der Waals surface area (Å²) in [5.41, 5.74) is 1.77. The molecule has 3 aliphatic heterocycles. The maximum atomic E-state index is 13.7. The van der Waals surface area contributed by atoms with Gasteiger partial charge in [0.15, 0.2) is 23.0 Å². The van der Waals surface area contributed by atoms with Crippen molar-refractivity contribution in [1.29, 1.82) is 0 Å². The van der Waals surface area contributed by atoms with E-state index in [4.69, 9.17) is 23.7 Å². The normalized spacial score (nSPS) is 20.6. The molecule has 0 saturated carbocycles. The predicted molar refractivity (Wildman–Crippen MR) is 156 cm³/mol. The summed E-state index contributed by atoms with van der Waals surface area (Å²) >= 11 is 0. The molecule has 0 spiro atoms. The number of aliphatic carboxylic acids is 1. The first-order valence-corrected chi connectivity index (χ1v) is 15.0. The second kappa shape index (κ2) is 13.5. The molecule has 3 heterocycles. The second-order valence-corrected chi connectivity index (χ2v) is 11.2. The molecule has 1 amide bonds. The molecule has 1 N–H and O–H groups in total. The van der Waals surface area contributed by atoms with Gasteiger partial charge in [-0.2, -0.15) is 0 Å². The predicted octanol–water partition coefficient (Wildman–Crippen LogP) is 4.68. The molecule has 1 fully saturated rings. The highest BCUT2D eigenvalue weighted by molar-refractivity contribution is 5.79. The number of carboxylic acid groups (broad SMARTS) is 1. The van der Waals surface area contributed by atoms with Crippen LogP contribution in [0.25, 0.3) is 0 Å². The van der Waals surface area contributed by atoms with Gasteiger partial charge in [0.05, 0.1) is 19.6 Å². The van der Waals surface area contributed by atoms with Gasteiger partial charge < -0.3 is 33.7 Å². The number of amides is 1. The minimum atomic E-state index is -0.886. The Morgan fingerprint density at radius 3 is 2.40 bits per heavy atom. The van der Waals surface area contributed by atoms with E-state index in [0.717, 1.165) is 36.8 Å². The maximum absolute atomic E-state index is 13.7. The molecule has 0 aromatic heterocycles. The summed E-state index contributed by atoms with van der Waals surface area (Å²) in [6.07, 6.45) is 5.04. The quantitative estimate of drug-likeness (QED) is 0.340. The van der Waals surface area contributed by atoms with Crippen LogP contribution in [0.5, 0.6) is 28.7 Å². The number of ether oxygens (including phenoxy) is 5. The maximum Gasteiger partial charge on any atom is 0.308 e. The fraction of sp³-hybridized carbons (Fsp3) is 0.562. The van der Waals surface area contributed by atoms with Gasteiger partial charge in [0.1, 0.15) is 0 Å². The Balaban J connectivity index is 1.45. The van der Waals surface area contributed by atoms with Crippen molar-refractivity contribution in [2.45, 2.75) is 64.3 Å². The van der Waals surface area contributed by atoms with E-state index in [0.29, 0.717) is 61.2 Å². The number of unbranched alkanes of at least 4 members (excludes halogenated alkanes) is 2. The number of nitrogens with zero attached hydrogens (tertiary/aromatic N) is 2. The number of carbonyl (C=O) groups is 2. The van der Waals surface area contributed by atoms with Crippen LogP contribution in [0.2, 0.25) is 0 Å². The van der Waals surface area contributed by atoms with E-state index in [9.17, 15) is 14.7 Å². The highest BCUT2D eigenvalue weighted by atomic mass is 16.7. The van der Waals surface area contributed by atoms with Crippen molar-refractivity contribution >= 4 is 11.9 Å². The largest absolute Gasteiger partial charge is 0.493 e. The molecule has 10 heteroatoms. The Hall–Kier alpha value is -3.66. The summed E-state index contributed by atoms with van der Waals surface area (Å²) in [5, 5.41) is 10.6. The summed E-state index contributed by atoms with van der Waals surface area (Å²) in [7, 11) is 1.56. The molecule has 0 radical (unpaired) electrons. The van der Waals surface area contributed by atoms with E-state index in [1.807, 2.05) is 35.2 Å². The Labute approximate surface area is 247 Å². The first-order valence-electron chi connectivity index (χ1n) is 15.0. The molecule has 2 aromatic rings.